The van der Waals surface area contributed by atoms with E-state index in [4.69, 9.17) is 19.4 Å². The average Bonchev–Trinajstić information content (AvgIpc) is 3.62. The fourth-order valence-corrected chi connectivity index (χ4v) is 7.86. The maximum atomic E-state index is 6.55. The summed E-state index contributed by atoms with van der Waals surface area (Å²) < 4.78 is 6.55. The Morgan fingerprint density at radius 1 is 0.547 bits per heavy atom. The molecular formula is C49H35N3O. The number of rotatable bonds is 6. The van der Waals surface area contributed by atoms with E-state index in [1.54, 1.807) is 0 Å². The second-order valence-corrected chi connectivity index (χ2v) is 13.8. The molecule has 0 aliphatic heterocycles. The first-order chi connectivity index (χ1) is 26.2. The second kappa shape index (κ2) is 13.2. The Bertz CT molecular complexity index is 2740. The van der Waals surface area contributed by atoms with Gasteiger partial charge in [0.2, 0.25) is 0 Å². The highest BCUT2D eigenvalue weighted by Gasteiger charge is 2.22. The van der Waals surface area contributed by atoms with Crippen LogP contribution >= 0.6 is 0 Å². The van der Waals surface area contributed by atoms with Gasteiger partial charge in [-0.2, -0.15) is 0 Å². The van der Waals surface area contributed by atoms with Crippen molar-refractivity contribution < 1.29 is 4.42 Å². The van der Waals surface area contributed by atoms with E-state index in [0.717, 1.165) is 69.0 Å². The molecule has 2 aromatic heterocycles. The van der Waals surface area contributed by atoms with E-state index in [0.29, 0.717) is 23.4 Å². The Balaban J connectivity index is 1.11. The largest absolute Gasteiger partial charge is 0.456 e. The topological polar surface area (TPSA) is 51.8 Å². The summed E-state index contributed by atoms with van der Waals surface area (Å²) in [5, 5.41) is 2.04. The molecule has 6 aromatic carbocycles. The first-order valence-corrected chi connectivity index (χ1v) is 18.4. The number of allylic oxidation sites excluding steroid dienone is 5. The Morgan fingerprint density at radius 3 is 2.00 bits per heavy atom. The lowest BCUT2D eigenvalue weighted by Crippen LogP contribution is -2.05. The van der Waals surface area contributed by atoms with Crippen LogP contribution in [-0.2, 0) is 6.42 Å². The molecule has 0 bridgehead atoms. The summed E-state index contributed by atoms with van der Waals surface area (Å²) in [5.74, 6) is 2.20. The minimum atomic E-state index is 0.332. The summed E-state index contributed by atoms with van der Waals surface area (Å²) in [6, 6.07) is 48.4. The monoisotopic (exact) mass is 681 g/mol. The predicted molar refractivity (Wildman–Crippen MR) is 217 cm³/mol. The van der Waals surface area contributed by atoms with Gasteiger partial charge in [-0.15, -0.1) is 0 Å². The maximum absolute atomic E-state index is 6.55. The van der Waals surface area contributed by atoms with Gasteiger partial charge in [-0.1, -0.05) is 152 Å². The molecule has 252 valence electrons. The van der Waals surface area contributed by atoms with Gasteiger partial charge < -0.3 is 4.42 Å². The third kappa shape index (κ3) is 5.79. The molecule has 53 heavy (non-hydrogen) atoms. The molecule has 2 aliphatic carbocycles. The van der Waals surface area contributed by atoms with Gasteiger partial charge >= 0.3 is 0 Å². The fraction of sp³-hybridized carbons (Fsp3) is 0.0816. The first-order valence-electron chi connectivity index (χ1n) is 18.4. The quantitative estimate of drug-likeness (QED) is 0.175. The predicted octanol–water partition coefficient (Wildman–Crippen LogP) is 12.5. The summed E-state index contributed by atoms with van der Waals surface area (Å²) in [6.45, 7) is 0. The van der Waals surface area contributed by atoms with E-state index in [1.165, 1.54) is 27.8 Å². The molecule has 4 heteroatoms. The highest BCUT2D eigenvalue weighted by molar-refractivity contribution is 6.13. The molecule has 8 aromatic rings. The number of furan rings is 1. The summed E-state index contributed by atoms with van der Waals surface area (Å²) in [4.78, 5) is 15.4. The van der Waals surface area contributed by atoms with Crippen LogP contribution < -0.4 is 0 Å². The lowest BCUT2D eigenvalue weighted by Gasteiger charge is -2.22. The van der Waals surface area contributed by atoms with Crippen LogP contribution in [0.5, 0.6) is 0 Å². The Kier molecular flexibility index (Phi) is 7.72. The van der Waals surface area contributed by atoms with Crippen molar-refractivity contribution in [3.63, 3.8) is 0 Å². The van der Waals surface area contributed by atoms with Gasteiger partial charge in [-0.05, 0) is 76.4 Å². The van der Waals surface area contributed by atoms with E-state index in [1.807, 2.05) is 48.5 Å². The highest BCUT2D eigenvalue weighted by atomic mass is 16.3. The molecule has 0 fully saturated rings. The number of benzene rings is 6. The smallest absolute Gasteiger partial charge is 0.164 e. The van der Waals surface area contributed by atoms with Crippen LogP contribution in [-0.4, -0.2) is 15.0 Å². The van der Waals surface area contributed by atoms with Gasteiger partial charge in [-0.25, -0.2) is 15.0 Å². The molecular weight excluding hydrogens is 647 g/mol. The number of para-hydroxylation sites is 1. The van der Waals surface area contributed by atoms with Crippen molar-refractivity contribution in [1.29, 1.82) is 0 Å². The summed E-state index contributed by atoms with van der Waals surface area (Å²) in [5.41, 5.74) is 13.2. The molecule has 0 saturated heterocycles. The number of hydrogen-bond acceptors (Lipinski definition) is 4. The summed E-state index contributed by atoms with van der Waals surface area (Å²) in [7, 11) is 0. The summed E-state index contributed by atoms with van der Waals surface area (Å²) in [6.07, 6.45) is 14.8. The number of hydrogen-bond donors (Lipinski definition) is 0. The third-order valence-corrected chi connectivity index (χ3v) is 10.6. The average molecular weight is 682 g/mol. The van der Waals surface area contributed by atoms with Gasteiger partial charge in [0.1, 0.15) is 11.2 Å². The van der Waals surface area contributed by atoms with Gasteiger partial charge in [0.15, 0.2) is 17.5 Å². The number of aryl methyl sites for hydroxylation is 1. The van der Waals surface area contributed by atoms with Gasteiger partial charge in [0.25, 0.3) is 0 Å². The molecule has 10 rings (SSSR count). The first kappa shape index (κ1) is 31.1. The molecule has 1 atom stereocenters. The summed E-state index contributed by atoms with van der Waals surface area (Å²) >= 11 is 0. The van der Waals surface area contributed by atoms with Crippen molar-refractivity contribution in [3.05, 3.63) is 186 Å². The SMILES string of the molecule is C1=Cc2c(cccc2C2C=CC(c3cc(-c4nc(-c5ccccc5)nc(-c5ccc(-c6ccccc6)cc5)n4)c4c(c3)oc3ccccc34)=CC2)CC1. The highest BCUT2D eigenvalue weighted by Crippen LogP contribution is 2.41. The fourth-order valence-electron chi connectivity index (χ4n) is 7.86. The lowest BCUT2D eigenvalue weighted by atomic mass is 9.82. The van der Waals surface area contributed by atoms with Crippen molar-refractivity contribution in [2.45, 2.75) is 25.2 Å². The molecule has 0 spiro atoms. The number of fused-ring (bicyclic) bond motifs is 4. The second-order valence-electron chi connectivity index (χ2n) is 13.8. The molecule has 0 amide bonds. The van der Waals surface area contributed by atoms with E-state index in [9.17, 15) is 0 Å². The molecule has 4 nitrogen and oxygen atoms in total. The van der Waals surface area contributed by atoms with Gasteiger partial charge in [0, 0.05) is 33.4 Å². The zero-order valence-corrected chi connectivity index (χ0v) is 29.1. The normalized spacial score (nSPS) is 15.1. The van der Waals surface area contributed by atoms with Crippen LogP contribution in [0.2, 0.25) is 0 Å². The van der Waals surface area contributed by atoms with Crippen molar-refractivity contribution in [2.24, 2.45) is 0 Å². The van der Waals surface area contributed by atoms with Crippen LogP contribution in [0.15, 0.2) is 168 Å². The Hall–Kier alpha value is -6.65. The van der Waals surface area contributed by atoms with Crippen molar-refractivity contribution in [3.8, 4) is 45.3 Å². The van der Waals surface area contributed by atoms with E-state index >= 15 is 0 Å². The minimum absolute atomic E-state index is 0.332. The van der Waals surface area contributed by atoms with Crippen molar-refractivity contribution >= 4 is 33.6 Å². The van der Waals surface area contributed by atoms with E-state index in [2.05, 4.69) is 121 Å². The van der Waals surface area contributed by atoms with Crippen molar-refractivity contribution in [2.75, 3.05) is 0 Å². The molecule has 0 saturated carbocycles. The maximum Gasteiger partial charge on any atom is 0.164 e. The number of aromatic nitrogens is 3. The van der Waals surface area contributed by atoms with E-state index < -0.39 is 0 Å². The van der Waals surface area contributed by atoms with Gasteiger partial charge in [0.05, 0.1) is 0 Å². The minimum Gasteiger partial charge on any atom is -0.456 e. The van der Waals surface area contributed by atoms with Crippen molar-refractivity contribution in [1.82, 2.24) is 15.0 Å². The molecule has 0 radical (unpaired) electrons. The van der Waals surface area contributed by atoms with Crippen LogP contribution in [0, 0.1) is 0 Å². The Morgan fingerprint density at radius 2 is 1.23 bits per heavy atom. The third-order valence-electron chi connectivity index (χ3n) is 10.6. The number of nitrogens with zero attached hydrogens (tertiary/aromatic N) is 3. The molecule has 0 N–H and O–H groups in total. The zero-order chi connectivity index (χ0) is 35.1. The molecule has 1 unspecified atom stereocenters. The van der Waals surface area contributed by atoms with Crippen LogP contribution in [0.1, 0.15) is 41.0 Å². The van der Waals surface area contributed by atoms with E-state index in [-0.39, 0.29) is 0 Å². The van der Waals surface area contributed by atoms with Crippen LogP contribution in [0.25, 0.3) is 78.9 Å². The van der Waals surface area contributed by atoms with Gasteiger partial charge in [-0.3, -0.25) is 0 Å². The standard InChI is InChI=1S/C49H35N3O/c1-3-12-32(13-4-1)33-24-28-38(29-25-33)48-50-47(37-15-5-2-6-16-37)51-49(52-48)43-30-39(31-45-46(43)42-19-9-10-21-44(42)53-45)34-22-26-36(27-23-34)41-20-11-17-35-14-7-8-18-40(35)41/h1-6,8-13,15-26,28-31,36H,7,14,27H2. The molecule has 2 aliphatic rings. The van der Waals surface area contributed by atoms with Crippen LogP contribution in [0.3, 0.4) is 0 Å². The Labute approximate surface area is 308 Å². The molecule has 2 heterocycles. The lowest BCUT2D eigenvalue weighted by molar-refractivity contribution is 0.669. The zero-order valence-electron chi connectivity index (χ0n) is 29.1. The van der Waals surface area contributed by atoms with Crippen LogP contribution in [0.4, 0.5) is 0 Å².